The molecule has 94 valence electrons. The molecule has 0 aromatic heterocycles. The number of carbonyl (C=O) groups is 1. The van der Waals surface area contributed by atoms with E-state index in [0.717, 1.165) is 9.26 Å². The first-order chi connectivity index (χ1) is 8.13. The Balaban J connectivity index is 2.37. The maximum absolute atomic E-state index is 11.4. The van der Waals surface area contributed by atoms with Crippen LogP contribution in [0.2, 0.25) is 5.02 Å². The maximum atomic E-state index is 11.4. The number of methoxy groups -OCH3 is 1. The normalized spacial score (nSPS) is 10.1. The van der Waals surface area contributed by atoms with Gasteiger partial charge in [-0.3, -0.25) is 4.79 Å². The molecule has 0 aliphatic heterocycles. The quantitative estimate of drug-likeness (QED) is 0.597. The van der Waals surface area contributed by atoms with E-state index < -0.39 is 0 Å². The Morgan fingerprint density at radius 2 is 2.29 bits per heavy atom. The van der Waals surface area contributed by atoms with Crippen molar-refractivity contribution in [3.8, 4) is 0 Å². The second-order valence-electron chi connectivity index (χ2n) is 3.32. The summed E-state index contributed by atoms with van der Waals surface area (Å²) in [4.78, 5) is 11.4. The number of hydrogen-bond acceptors (Lipinski definition) is 3. The molecule has 4 nitrogen and oxygen atoms in total. The van der Waals surface area contributed by atoms with E-state index in [0.29, 0.717) is 18.2 Å². The molecule has 0 saturated heterocycles. The van der Waals surface area contributed by atoms with Crippen molar-refractivity contribution >= 4 is 45.8 Å². The van der Waals surface area contributed by atoms with Gasteiger partial charge in [0.15, 0.2) is 0 Å². The van der Waals surface area contributed by atoms with Crippen LogP contribution in [-0.4, -0.2) is 32.7 Å². The minimum atomic E-state index is -0.0864. The van der Waals surface area contributed by atoms with E-state index in [1.165, 1.54) is 0 Å². The van der Waals surface area contributed by atoms with Gasteiger partial charge in [-0.1, -0.05) is 11.6 Å². The zero-order valence-electron chi connectivity index (χ0n) is 9.43. The van der Waals surface area contributed by atoms with Gasteiger partial charge in [0, 0.05) is 17.2 Å². The van der Waals surface area contributed by atoms with E-state index in [4.69, 9.17) is 16.3 Å². The summed E-state index contributed by atoms with van der Waals surface area (Å²) in [5.74, 6) is -0.0864. The number of anilines is 1. The number of benzene rings is 1. The smallest absolute Gasteiger partial charge is 0.239 e. The van der Waals surface area contributed by atoms with Crippen LogP contribution in [0.3, 0.4) is 0 Å². The van der Waals surface area contributed by atoms with Crippen LogP contribution >= 0.6 is 34.2 Å². The van der Waals surface area contributed by atoms with Gasteiger partial charge in [-0.2, -0.15) is 0 Å². The number of carbonyl (C=O) groups excluding carboxylic acids is 1. The summed E-state index contributed by atoms with van der Waals surface area (Å²) in [5.41, 5.74) is 0.758. The van der Waals surface area contributed by atoms with Gasteiger partial charge in [0.25, 0.3) is 0 Å². The van der Waals surface area contributed by atoms with Gasteiger partial charge < -0.3 is 15.4 Å². The first-order valence-corrected chi connectivity index (χ1v) is 6.53. The highest BCUT2D eigenvalue weighted by atomic mass is 127. The molecule has 6 heteroatoms. The topological polar surface area (TPSA) is 50.4 Å². The van der Waals surface area contributed by atoms with Crippen LogP contribution in [0, 0.1) is 3.57 Å². The average molecular weight is 369 g/mol. The largest absolute Gasteiger partial charge is 0.383 e. The van der Waals surface area contributed by atoms with Gasteiger partial charge in [0.05, 0.1) is 23.9 Å². The fourth-order valence-corrected chi connectivity index (χ4v) is 2.09. The van der Waals surface area contributed by atoms with Crippen molar-refractivity contribution in [2.45, 2.75) is 0 Å². The molecule has 1 aromatic carbocycles. The molecule has 17 heavy (non-hydrogen) atoms. The molecule has 0 spiro atoms. The van der Waals surface area contributed by atoms with Crippen molar-refractivity contribution in [2.75, 3.05) is 32.1 Å². The van der Waals surface area contributed by atoms with Crippen molar-refractivity contribution in [1.29, 1.82) is 0 Å². The number of hydrogen-bond donors (Lipinski definition) is 2. The highest BCUT2D eigenvalue weighted by molar-refractivity contribution is 14.1. The van der Waals surface area contributed by atoms with Gasteiger partial charge in [0.1, 0.15) is 0 Å². The van der Waals surface area contributed by atoms with Crippen molar-refractivity contribution in [2.24, 2.45) is 0 Å². The zero-order chi connectivity index (χ0) is 12.7. The Labute approximate surface area is 119 Å². The summed E-state index contributed by atoms with van der Waals surface area (Å²) in [7, 11) is 1.59. The molecular weight excluding hydrogens is 354 g/mol. The molecular formula is C11H14ClIN2O2. The van der Waals surface area contributed by atoms with Gasteiger partial charge in [0.2, 0.25) is 5.91 Å². The Kier molecular flexibility index (Phi) is 6.61. The van der Waals surface area contributed by atoms with Gasteiger partial charge in [-0.05, 0) is 40.8 Å². The SMILES string of the molecule is COCCNC(=O)CNc1ccc(I)cc1Cl. The van der Waals surface area contributed by atoms with E-state index in [1.807, 2.05) is 18.2 Å². The highest BCUT2D eigenvalue weighted by Gasteiger charge is 2.03. The van der Waals surface area contributed by atoms with Crippen LogP contribution in [0.25, 0.3) is 0 Å². The minimum absolute atomic E-state index is 0.0864. The van der Waals surface area contributed by atoms with E-state index >= 15 is 0 Å². The molecule has 2 N–H and O–H groups in total. The molecule has 0 radical (unpaired) electrons. The third kappa shape index (κ3) is 5.56. The highest BCUT2D eigenvalue weighted by Crippen LogP contribution is 2.23. The Hall–Kier alpha value is -0.530. The lowest BCUT2D eigenvalue weighted by molar-refractivity contribution is -0.119. The standard InChI is InChI=1S/C11H14ClIN2O2/c1-17-5-4-14-11(16)7-15-10-3-2-8(13)6-9(10)12/h2-3,6,15H,4-5,7H2,1H3,(H,14,16). The third-order valence-corrected chi connectivity index (χ3v) is 2.98. The number of nitrogens with one attached hydrogen (secondary N) is 2. The Bertz CT molecular complexity index is 388. The first kappa shape index (κ1) is 14.5. The van der Waals surface area contributed by atoms with Gasteiger partial charge in [-0.15, -0.1) is 0 Å². The molecule has 0 heterocycles. The fraction of sp³-hybridized carbons (Fsp3) is 0.364. The maximum Gasteiger partial charge on any atom is 0.239 e. The third-order valence-electron chi connectivity index (χ3n) is 2.00. The van der Waals surface area contributed by atoms with E-state index in [2.05, 4.69) is 33.2 Å². The average Bonchev–Trinajstić information content (AvgIpc) is 2.28. The number of amides is 1. The van der Waals surface area contributed by atoms with E-state index in [9.17, 15) is 4.79 Å². The van der Waals surface area contributed by atoms with Crippen LogP contribution in [0.5, 0.6) is 0 Å². The second-order valence-corrected chi connectivity index (χ2v) is 4.97. The predicted molar refractivity (Wildman–Crippen MR) is 77.5 cm³/mol. The molecule has 0 atom stereocenters. The predicted octanol–water partition coefficient (Wildman–Crippen LogP) is 2.12. The molecule has 1 aromatic rings. The van der Waals surface area contributed by atoms with E-state index in [-0.39, 0.29) is 12.5 Å². The first-order valence-electron chi connectivity index (χ1n) is 5.08. The van der Waals surface area contributed by atoms with Gasteiger partial charge in [-0.25, -0.2) is 0 Å². The van der Waals surface area contributed by atoms with Crippen molar-refractivity contribution in [1.82, 2.24) is 5.32 Å². The molecule has 1 amide bonds. The van der Waals surface area contributed by atoms with Crippen LogP contribution in [-0.2, 0) is 9.53 Å². The van der Waals surface area contributed by atoms with Crippen LogP contribution in [0.1, 0.15) is 0 Å². The monoisotopic (exact) mass is 368 g/mol. The Morgan fingerprint density at radius 1 is 1.53 bits per heavy atom. The van der Waals surface area contributed by atoms with Crippen molar-refractivity contribution in [3.05, 3.63) is 26.8 Å². The summed E-state index contributed by atoms with van der Waals surface area (Å²) in [6, 6.07) is 5.62. The fourth-order valence-electron chi connectivity index (χ4n) is 1.16. The molecule has 0 unspecified atom stereocenters. The number of ether oxygens (including phenoxy) is 1. The summed E-state index contributed by atoms with van der Waals surface area (Å²) in [6.07, 6.45) is 0. The summed E-state index contributed by atoms with van der Waals surface area (Å²) < 4.78 is 5.89. The number of rotatable bonds is 6. The van der Waals surface area contributed by atoms with Crippen LogP contribution in [0.4, 0.5) is 5.69 Å². The van der Waals surface area contributed by atoms with Crippen LogP contribution < -0.4 is 10.6 Å². The molecule has 0 fully saturated rings. The molecule has 0 bridgehead atoms. The van der Waals surface area contributed by atoms with Crippen molar-refractivity contribution < 1.29 is 9.53 Å². The summed E-state index contributed by atoms with van der Waals surface area (Å²) in [6.45, 7) is 1.22. The molecule has 0 aliphatic carbocycles. The van der Waals surface area contributed by atoms with Crippen LogP contribution in [0.15, 0.2) is 18.2 Å². The lowest BCUT2D eigenvalue weighted by Gasteiger charge is -2.09. The summed E-state index contributed by atoms with van der Waals surface area (Å²) in [5, 5.41) is 6.30. The lowest BCUT2D eigenvalue weighted by atomic mass is 10.3. The Morgan fingerprint density at radius 3 is 2.94 bits per heavy atom. The molecule has 0 aliphatic rings. The van der Waals surface area contributed by atoms with E-state index in [1.54, 1.807) is 7.11 Å². The molecule has 1 rings (SSSR count). The molecule has 0 saturated carbocycles. The second kappa shape index (κ2) is 7.73. The number of halogens is 2. The van der Waals surface area contributed by atoms with Gasteiger partial charge >= 0.3 is 0 Å². The summed E-state index contributed by atoms with van der Waals surface area (Å²) >= 11 is 8.20. The lowest BCUT2D eigenvalue weighted by Crippen LogP contribution is -2.32. The minimum Gasteiger partial charge on any atom is -0.383 e. The zero-order valence-corrected chi connectivity index (χ0v) is 12.3. The van der Waals surface area contributed by atoms with Crippen molar-refractivity contribution in [3.63, 3.8) is 0 Å².